The zero-order chi connectivity index (χ0) is 11.3. The summed E-state index contributed by atoms with van der Waals surface area (Å²) in [5, 5.41) is 2.51. The highest BCUT2D eigenvalue weighted by molar-refractivity contribution is 5.78. The van der Waals surface area contributed by atoms with E-state index in [1.54, 1.807) is 25.2 Å². The maximum Gasteiger partial charge on any atom is 0.224 e. The number of benzene rings is 1. The Morgan fingerprint density at radius 2 is 2.20 bits per heavy atom. The maximum atomic E-state index is 13.3. The van der Waals surface area contributed by atoms with Crippen LogP contribution in [0.1, 0.15) is 5.56 Å². The van der Waals surface area contributed by atoms with Crippen LogP contribution in [0.15, 0.2) is 24.3 Å². The summed E-state index contributed by atoms with van der Waals surface area (Å²) >= 11 is 0. The van der Waals surface area contributed by atoms with E-state index in [1.165, 1.54) is 6.07 Å². The van der Waals surface area contributed by atoms with Gasteiger partial charge in [0.1, 0.15) is 5.82 Å². The van der Waals surface area contributed by atoms with Crippen LogP contribution in [0.2, 0.25) is 0 Å². The first-order valence-corrected chi connectivity index (χ1v) is 4.84. The van der Waals surface area contributed by atoms with E-state index < -0.39 is 0 Å². The Hall–Kier alpha value is -1.42. The molecule has 0 aliphatic rings. The molecular formula is C11H15FN2O. The van der Waals surface area contributed by atoms with Crippen molar-refractivity contribution in [2.75, 3.05) is 13.6 Å². The van der Waals surface area contributed by atoms with Gasteiger partial charge in [-0.3, -0.25) is 4.79 Å². The number of amides is 1. The van der Waals surface area contributed by atoms with Gasteiger partial charge in [0.15, 0.2) is 0 Å². The van der Waals surface area contributed by atoms with E-state index in [0.717, 1.165) is 0 Å². The van der Waals surface area contributed by atoms with Crippen LogP contribution in [-0.2, 0) is 11.2 Å². The Kier molecular flexibility index (Phi) is 4.24. The Morgan fingerprint density at radius 3 is 2.73 bits per heavy atom. The summed E-state index contributed by atoms with van der Waals surface area (Å²) in [4.78, 5) is 11.3. The standard InChI is InChI=1S/C11H15FN2O/c1-14-11(15)9(7-13)6-8-4-2-3-5-10(8)12/h2-5,9H,6-7,13H2,1H3,(H,14,15). The van der Waals surface area contributed by atoms with Crippen LogP contribution < -0.4 is 11.1 Å². The first-order chi connectivity index (χ1) is 7.19. The molecule has 1 amide bonds. The summed E-state index contributed by atoms with van der Waals surface area (Å²) in [6, 6.07) is 6.42. The normalized spacial score (nSPS) is 12.2. The monoisotopic (exact) mass is 210 g/mol. The number of hydrogen-bond acceptors (Lipinski definition) is 2. The summed E-state index contributed by atoms with van der Waals surface area (Å²) in [6.45, 7) is 0.216. The van der Waals surface area contributed by atoms with Crippen LogP contribution in [0.25, 0.3) is 0 Å². The molecule has 15 heavy (non-hydrogen) atoms. The molecular weight excluding hydrogens is 195 g/mol. The second kappa shape index (κ2) is 5.46. The number of nitrogens with two attached hydrogens (primary N) is 1. The van der Waals surface area contributed by atoms with Crippen molar-refractivity contribution in [1.82, 2.24) is 5.32 Å². The average molecular weight is 210 g/mol. The molecule has 0 spiro atoms. The summed E-state index contributed by atoms with van der Waals surface area (Å²) in [5.74, 6) is -0.812. The molecule has 0 aliphatic carbocycles. The molecule has 0 aromatic heterocycles. The topological polar surface area (TPSA) is 55.1 Å². The van der Waals surface area contributed by atoms with Gasteiger partial charge < -0.3 is 11.1 Å². The van der Waals surface area contributed by atoms with E-state index in [2.05, 4.69) is 5.32 Å². The summed E-state index contributed by atoms with van der Waals surface area (Å²) in [7, 11) is 1.55. The minimum Gasteiger partial charge on any atom is -0.359 e. The van der Waals surface area contributed by atoms with Crippen molar-refractivity contribution in [3.05, 3.63) is 35.6 Å². The minimum absolute atomic E-state index is 0.152. The van der Waals surface area contributed by atoms with Gasteiger partial charge in [0.25, 0.3) is 0 Å². The van der Waals surface area contributed by atoms with Crippen LogP contribution in [0, 0.1) is 11.7 Å². The quantitative estimate of drug-likeness (QED) is 0.768. The number of carbonyl (C=O) groups is 1. The van der Waals surface area contributed by atoms with Crippen molar-refractivity contribution in [2.24, 2.45) is 11.7 Å². The van der Waals surface area contributed by atoms with Crippen molar-refractivity contribution >= 4 is 5.91 Å². The average Bonchev–Trinajstić information content (AvgIpc) is 2.27. The molecule has 0 radical (unpaired) electrons. The van der Waals surface area contributed by atoms with Gasteiger partial charge >= 0.3 is 0 Å². The lowest BCUT2D eigenvalue weighted by Gasteiger charge is -2.13. The molecule has 4 heteroatoms. The second-order valence-electron chi connectivity index (χ2n) is 3.34. The Bertz CT molecular complexity index is 341. The molecule has 0 heterocycles. The first-order valence-electron chi connectivity index (χ1n) is 4.84. The number of rotatable bonds is 4. The van der Waals surface area contributed by atoms with Gasteiger partial charge in [-0.1, -0.05) is 18.2 Å². The smallest absolute Gasteiger partial charge is 0.224 e. The zero-order valence-corrected chi connectivity index (χ0v) is 8.66. The maximum absolute atomic E-state index is 13.3. The van der Waals surface area contributed by atoms with Crippen LogP contribution >= 0.6 is 0 Å². The highest BCUT2D eigenvalue weighted by Gasteiger charge is 2.17. The van der Waals surface area contributed by atoms with Gasteiger partial charge in [0, 0.05) is 13.6 Å². The van der Waals surface area contributed by atoms with Crippen molar-refractivity contribution in [3.63, 3.8) is 0 Å². The van der Waals surface area contributed by atoms with E-state index in [-0.39, 0.29) is 24.2 Å². The van der Waals surface area contributed by atoms with Crippen molar-refractivity contribution < 1.29 is 9.18 Å². The predicted octanol–water partition coefficient (Wildman–Crippen LogP) is 0.689. The molecule has 0 saturated heterocycles. The van der Waals surface area contributed by atoms with Gasteiger partial charge in [-0.2, -0.15) is 0 Å². The molecule has 0 aliphatic heterocycles. The first kappa shape index (κ1) is 11.7. The molecule has 3 N–H and O–H groups in total. The lowest BCUT2D eigenvalue weighted by molar-refractivity contribution is -0.124. The van der Waals surface area contributed by atoms with E-state index in [9.17, 15) is 9.18 Å². The Labute approximate surface area is 88.5 Å². The summed E-state index contributed by atoms with van der Waals surface area (Å²) in [5.41, 5.74) is 5.99. The van der Waals surface area contributed by atoms with Gasteiger partial charge in [-0.25, -0.2) is 4.39 Å². The highest BCUT2D eigenvalue weighted by Crippen LogP contribution is 2.12. The van der Waals surface area contributed by atoms with Gasteiger partial charge in [0.2, 0.25) is 5.91 Å². The van der Waals surface area contributed by atoms with Gasteiger partial charge in [-0.05, 0) is 18.1 Å². The fourth-order valence-electron chi connectivity index (χ4n) is 1.42. The third-order valence-corrected chi connectivity index (χ3v) is 2.33. The van der Waals surface area contributed by atoms with Crippen molar-refractivity contribution in [3.8, 4) is 0 Å². The van der Waals surface area contributed by atoms with Crippen molar-refractivity contribution in [2.45, 2.75) is 6.42 Å². The molecule has 0 bridgehead atoms. The lowest BCUT2D eigenvalue weighted by atomic mass is 9.98. The molecule has 1 unspecified atom stereocenters. The van der Waals surface area contributed by atoms with Gasteiger partial charge in [-0.15, -0.1) is 0 Å². The third kappa shape index (κ3) is 3.02. The molecule has 1 aromatic rings. The third-order valence-electron chi connectivity index (χ3n) is 2.33. The van der Waals surface area contributed by atoms with Crippen LogP contribution in [-0.4, -0.2) is 19.5 Å². The van der Waals surface area contributed by atoms with Crippen LogP contribution in [0.3, 0.4) is 0 Å². The summed E-state index contributed by atoms with van der Waals surface area (Å²) < 4.78 is 13.3. The molecule has 82 valence electrons. The predicted molar refractivity (Wildman–Crippen MR) is 56.7 cm³/mol. The second-order valence-corrected chi connectivity index (χ2v) is 3.34. The fourth-order valence-corrected chi connectivity index (χ4v) is 1.42. The molecule has 0 saturated carbocycles. The SMILES string of the molecule is CNC(=O)C(CN)Cc1ccccc1F. The van der Waals surface area contributed by atoms with E-state index in [0.29, 0.717) is 12.0 Å². The number of hydrogen-bond donors (Lipinski definition) is 2. The molecule has 0 fully saturated rings. The zero-order valence-electron chi connectivity index (χ0n) is 8.66. The van der Waals surface area contributed by atoms with Crippen molar-refractivity contribution in [1.29, 1.82) is 0 Å². The number of halogens is 1. The van der Waals surface area contributed by atoms with E-state index >= 15 is 0 Å². The summed E-state index contributed by atoms with van der Waals surface area (Å²) in [6.07, 6.45) is 0.336. The number of carbonyl (C=O) groups excluding carboxylic acids is 1. The molecule has 1 aromatic carbocycles. The molecule has 1 rings (SSSR count). The minimum atomic E-state index is -0.369. The fraction of sp³-hybridized carbons (Fsp3) is 0.364. The van der Waals surface area contributed by atoms with E-state index in [1.807, 2.05) is 0 Å². The lowest BCUT2D eigenvalue weighted by Crippen LogP contribution is -2.34. The highest BCUT2D eigenvalue weighted by atomic mass is 19.1. The Morgan fingerprint density at radius 1 is 1.53 bits per heavy atom. The van der Waals surface area contributed by atoms with Crippen LogP contribution in [0.4, 0.5) is 4.39 Å². The Balaban J connectivity index is 2.75. The van der Waals surface area contributed by atoms with Crippen LogP contribution in [0.5, 0.6) is 0 Å². The van der Waals surface area contributed by atoms with Gasteiger partial charge in [0.05, 0.1) is 5.92 Å². The molecule has 3 nitrogen and oxygen atoms in total. The number of nitrogens with one attached hydrogen (secondary N) is 1. The van der Waals surface area contributed by atoms with E-state index in [4.69, 9.17) is 5.73 Å². The largest absolute Gasteiger partial charge is 0.359 e. The molecule has 1 atom stereocenters.